The van der Waals surface area contributed by atoms with Crippen molar-refractivity contribution in [1.29, 1.82) is 0 Å². The summed E-state index contributed by atoms with van der Waals surface area (Å²) in [7, 11) is 0. The number of aryl methyl sites for hydroxylation is 1. The van der Waals surface area contributed by atoms with Gasteiger partial charge in [0.05, 0.1) is 11.0 Å². The SMILES string of the molecule is CC.Cc1cccc(-c2cc(=O)[nH]c3c2[nH]c2ccc(Cl)cc23)c1. The molecule has 2 heterocycles. The zero-order chi connectivity index (χ0) is 17.3. The summed E-state index contributed by atoms with van der Waals surface area (Å²) in [6.07, 6.45) is 0. The molecule has 2 aromatic heterocycles. The van der Waals surface area contributed by atoms with Gasteiger partial charge in [-0.3, -0.25) is 4.79 Å². The highest BCUT2D eigenvalue weighted by molar-refractivity contribution is 6.31. The van der Waals surface area contributed by atoms with Crippen LogP contribution >= 0.6 is 11.6 Å². The highest BCUT2D eigenvalue weighted by Crippen LogP contribution is 2.32. The zero-order valence-corrected chi connectivity index (χ0v) is 14.7. The van der Waals surface area contributed by atoms with Gasteiger partial charge in [-0.05, 0) is 30.7 Å². The van der Waals surface area contributed by atoms with Crippen molar-refractivity contribution < 1.29 is 0 Å². The van der Waals surface area contributed by atoms with Crippen LogP contribution in [0.2, 0.25) is 5.02 Å². The number of halogens is 1. The van der Waals surface area contributed by atoms with E-state index < -0.39 is 0 Å². The fraction of sp³-hybridized carbons (Fsp3) is 0.150. The molecule has 122 valence electrons. The molecule has 3 nitrogen and oxygen atoms in total. The molecule has 2 N–H and O–H groups in total. The molecule has 0 radical (unpaired) electrons. The number of pyridine rings is 1. The third kappa shape index (κ3) is 2.83. The average molecular weight is 339 g/mol. The van der Waals surface area contributed by atoms with Gasteiger partial charge in [0.1, 0.15) is 0 Å². The standard InChI is InChI=1S/C18H13ClN2O.C2H6/c1-10-3-2-4-11(7-10)13-9-16(22)21-18-14-8-12(19)5-6-15(14)20-17(13)18;1-2/h2-9,20H,1H3,(H,21,22);1-2H3. The topological polar surface area (TPSA) is 48.6 Å². The van der Waals surface area contributed by atoms with Crippen molar-refractivity contribution in [3.63, 3.8) is 0 Å². The van der Waals surface area contributed by atoms with Crippen LogP contribution < -0.4 is 5.56 Å². The first kappa shape index (κ1) is 16.3. The van der Waals surface area contributed by atoms with Gasteiger partial charge in [-0.25, -0.2) is 0 Å². The minimum Gasteiger partial charge on any atom is -0.353 e. The van der Waals surface area contributed by atoms with E-state index in [0.29, 0.717) is 5.02 Å². The van der Waals surface area contributed by atoms with Crippen LogP contribution in [0.25, 0.3) is 33.1 Å². The number of rotatable bonds is 1. The van der Waals surface area contributed by atoms with Crippen LogP contribution in [0.15, 0.2) is 53.3 Å². The van der Waals surface area contributed by atoms with E-state index in [1.165, 1.54) is 0 Å². The first-order chi connectivity index (χ1) is 11.6. The number of hydrogen-bond donors (Lipinski definition) is 2. The molecule has 4 aromatic rings. The number of fused-ring (bicyclic) bond motifs is 3. The maximum absolute atomic E-state index is 12.1. The average Bonchev–Trinajstić information content (AvgIpc) is 2.94. The second-order valence-electron chi connectivity index (χ2n) is 5.48. The quantitative estimate of drug-likeness (QED) is 0.462. The summed E-state index contributed by atoms with van der Waals surface area (Å²) in [6.45, 7) is 6.04. The van der Waals surface area contributed by atoms with Crippen molar-refractivity contribution >= 4 is 33.5 Å². The minimum atomic E-state index is -0.120. The number of H-pyrrole nitrogens is 2. The predicted molar refractivity (Wildman–Crippen MR) is 103 cm³/mol. The smallest absolute Gasteiger partial charge is 0.249 e. The molecule has 0 fully saturated rings. The first-order valence-corrected chi connectivity index (χ1v) is 8.41. The van der Waals surface area contributed by atoms with Gasteiger partial charge in [0.25, 0.3) is 0 Å². The number of aromatic amines is 2. The molecule has 4 heteroatoms. The van der Waals surface area contributed by atoms with E-state index in [2.05, 4.69) is 16.0 Å². The lowest BCUT2D eigenvalue weighted by Gasteiger charge is -2.04. The molecule has 0 aliphatic rings. The van der Waals surface area contributed by atoms with E-state index in [1.807, 2.05) is 57.2 Å². The predicted octanol–water partition coefficient (Wildman–Crippen LogP) is 5.66. The summed E-state index contributed by atoms with van der Waals surface area (Å²) in [5.74, 6) is 0. The largest absolute Gasteiger partial charge is 0.353 e. The molecule has 2 aromatic carbocycles. The Kier molecular flexibility index (Phi) is 4.45. The molecular formula is C20H19ClN2O. The summed E-state index contributed by atoms with van der Waals surface area (Å²) >= 11 is 6.09. The van der Waals surface area contributed by atoms with Crippen molar-refractivity contribution in [2.24, 2.45) is 0 Å². The molecule has 0 amide bonds. The lowest BCUT2D eigenvalue weighted by molar-refractivity contribution is 1.31. The summed E-state index contributed by atoms with van der Waals surface area (Å²) in [5, 5.41) is 1.57. The minimum absolute atomic E-state index is 0.120. The Morgan fingerprint density at radius 3 is 2.46 bits per heavy atom. The van der Waals surface area contributed by atoms with Gasteiger partial charge in [0, 0.05) is 27.6 Å². The maximum atomic E-state index is 12.1. The van der Waals surface area contributed by atoms with Crippen molar-refractivity contribution in [2.75, 3.05) is 0 Å². The molecule has 0 atom stereocenters. The van der Waals surface area contributed by atoms with Gasteiger partial charge < -0.3 is 9.97 Å². The van der Waals surface area contributed by atoms with Crippen LogP contribution in [0.3, 0.4) is 0 Å². The lowest BCUT2D eigenvalue weighted by atomic mass is 10.0. The van der Waals surface area contributed by atoms with E-state index in [1.54, 1.807) is 6.07 Å². The number of aromatic nitrogens is 2. The second kappa shape index (κ2) is 6.54. The monoisotopic (exact) mass is 338 g/mol. The third-order valence-corrected chi connectivity index (χ3v) is 4.12. The van der Waals surface area contributed by atoms with Gasteiger partial charge in [0.15, 0.2) is 0 Å². The molecule has 0 saturated heterocycles. The molecule has 0 bridgehead atoms. The molecular weight excluding hydrogens is 320 g/mol. The fourth-order valence-electron chi connectivity index (χ4n) is 2.90. The Hall–Kier alpha value is -2.52. The Labute approximate surface area is 145 Å². The Balaban J connectivity index is 0.000000815. The molecule has 0 saturated carbocycles. The molecule has 0 aliphatic heterocycles. The van der Waals surface area contributed by atoms with Gasteiger partial charge in [-0.2, -0.15) is 0 Å². The normalized spacial score (nSPS) is 10.7. The molecule has 4 rings (SSSR count). The number of benzene rings is 2. The summed E-state index contributed by atoms with van der Waals surface area (Å²) in [5.41, 5.74) is 5.62. The van der Waals surface area contributed by atoms with Crippen LogP contribution in [0, 0.1) is 6.92 Å². The Morgan fingerprint density at radius 2 is 1.71 bits per heavy atom. The van der Waals surface area contributed by atoms with Gasteiger partial charge in [-0.15, -0.1) is 0 Å². The van der Waals surface area contributed by atoms with E-state index in [4.69, 9.17) is 11.6 Å². The summed E-state index contributed by atoms with van der Waals surface area (Å²) in [4.78, 5) is 18.4. The number of nitrogens with one attached hydrogen (secondary N) is 2. The van der Waals surface area contributed by atoms with Gasteiger partial charge in [-0.1, -0.05) is 55.3 Å². The Morgan fingerprint density at radius 1 is 0.917 bits per heavy atom. The van der Waals surface area contributed by atoms with E-state index >= 15 is 0 Å². The fourth-order valence-corrected chi connectivity index (χ4v) is 3.07. The Bertz CT molecular complexity index is 1080. The van der Waals surface area contributed by atoms with Crippen molar-refractivity contribution in [1.82, 2.24) is 9.97 Å². The van der Waals surface area contributed by atoms with E-state index in [9.17, 15) is 4.79 Å². The molecule has 0 spiro atoms. The van der Waals surface area contributed by atoms with Crippen LogP contribution in [-0.2, 0) is 0 Å². The zero-order valence-electron chi connectivity index (χ0n) is 13.9. The van der Waals surface area contributed by atoms with Crippen molar-refractivity contribution in [3.8, 4) is 11.1 Å². The first-order valence-electron chi connectivity index (χ1n) is 8.03. The van der Waals surface area contributed by atoms with E-state index in [-0.39, 0.29) is 5.56 Å². The van der Waals surface area contributed by atoms with Crippen molar-refractivity contribution in [2.45, 2.75) is 20.8 Å². The van der Waals surface area contributed by atoms with Gasteiger partial charge >= 0.3 is 0 Å². The van der Waals surface area contributed by atoms with E-state index in [0.717, 1.165) is 38.6 Å². The lowest BCUT2D eigenvalue weighted by Crippen LogP contribution is -2.04. The van der Waals surface area contributed by atoms with Crippen LogP contribution in [0.1, 0.15) is 19.4 Å². The maximum Gasteiger partial charge on any atom is 0.249 e. The third-order valence-electron chi connectivity index (χ3n) is 3.88. The molecule has 0 aliphatic carbocycles. The highest BCUT2D eigenvalue weighted by atomic mass is 35.5. The van der Waals surface area contributed by atoms with Crippen LogP contribution in [0.4, 0.5) is 0 Å². The molecule has 0 unspecified atom stereocenters. The summed E-state index contributed by atoms with van der Waals surface area (Å²) < 4.78 is 0. The van der Waals surface area contributed by atoms with Crippen LogP contribution in [-0.4, -0.2) is 9.97 Å². The molecule has 24 heavy (non-hydrogen) atoms. The summed E-state index contributed by atoms with van der Waals surface area (Å²) in [6, 6.07) is 15.4. The van der Waals surface area contributed by atoms with Crippen molar-refractivity contribution in [3.05, 3.63) is 69.5 Å². The number of hydrogen-bond acceptors (Lipinski definition) is 1. The second-order valence-corrected chi connectivity index (χ2v) is 5.92. The van der Waals surface area contributed by atoms with Crippen LogP contribution in [0.5, 0.6) is 0 Å². The highest BCUT2D eigenvalue weighted by Gasteiger charge is 2.12. The van der Waals surface area contributed by atoms with Gasteiger partial charge in [0.2, 0.25) is 5.56 Å².